The molecule has 0 fully saturated rings. The molecule has 5 aromatic carbocycles. The van der Waals surface area contributed by atoms with Crippen molar-refractivity contribution in [3.8, 4) is 20.9 Å². The molecule has 2 heterocycles. The fourth-order valence-corrected chi connectivity index (χ4v) is 8.00. The van der Waals surface area contributed by atoms with Crippen LogP contribution in [0.1, 0.15) is 20.9 Å². The van der Waals surface area contributed by atoms with Crippen molar-refractivity contribution < 1.29 is 0 Å². The maximum atomic E-state index is 2.35. The molecule has 0 amide bonds. The van der Waals surface area contributed by atoms with Crippen molar-refractivity contribution in [1.82, 2.24) is 0 Å². The molecule has 4 heteroatoms. The molecule has 2 aromatic heterocycles. The number of halogens is 2. The maximum absolute atomic E-state index is 2.35. The third-order valence-corrected chi connectivity index (χ3v) is 10.9. The highest BCUT2D eigenvalue weighted by Crippen LogP contribution is 2.46. The van der Waals surface area contributed by atoms with Gasteiger partial charge < -0.3 is 0 Å². The first-order chi connectivity index (χ1) is 20.6. The summed E-state index contributed by atoms with van der Waals surface area (Å²) in [5.41, 5.74) is 5.07. The van der Waals surface area contributed by atoms with Gasteiger partial charge in [0.05, 0.1) is 0 Å². The third kappa shape index (κ3) is 5.78. The van der Waals surface area contributed by atoms with Crippen molar-refractivity contribution in [3.63, 3.8) is 0 Å². The van der Waals surface area contributed by atoms with Gasteiger partial charge >= 0.3 is 0 Å². The number of hydrogen-bond acceptors (Lipinski definition) is 2. The first kappa shape index (κ1) is 27.8. The van der Waals surface area contributed by atoms with E-state index >= 15 is 0 Å². The molecule has 0 spiro atoms. The average Bonchev–Trinajstić information content (AvgIpc) is 3.69. The normalized spacial score (nSPS) is 11.9. The van der Waals surface area contributed by atoms with Gasteiger partial charge in [0.1, 0.15) is 0 Å². The molecule has 0 aliphatic heterocycles. The van der Waals surface area contributed by atoms with Crippen LogP contribution in [0.15, 0.2) is 121 Å². The van der Waals surface area contributed by atoms with Gasteiger partial charge in [0.2, 0.25) is 0 Å². The average molecular weight is 799 g/mol. The van der Waals surface area contributed by atoms with Crippen LogP contribution in [0.2, 0.25) is 0 Å². The Hall–Kier alpha value is -3.04. The van der Waals surface area contributed by atoms with Crippen molar-refractivity contribution in [2.75, 3.05) is 0 Å². The van der Waals surface area contributed by atoms with Crippen LogP contribution in [0.4, 0.5) is 0 Å². The van der Waals surface area contributed by atoms with Gasteiger partial charge in [0.15, 0.2) is 0 Å². The summed E-state index contributed by atoms with van der Waals surface area (Å²) in [7, 11) is 0. The van der Waals surface area contributed by atoms with E-state index in [1.54, 1.807) is 0 Å². The predicted octanol–water partition coefficient (Wildman–Crippen LogP) is 13.0. The highest BCUT2D eigenvalue weighted by Gasteiger charge is 2.18. The van der Waals surface area contributed by atoms with E-state index in [-0.39, 0.29) is 0 Å². The van der Waals surface area contributed by atoms with Crippen LogP contribution in [-0.4, -0.2) is 0 Å². The van der Waals surface area contributed by atoms with E-state index in [9.17, 15) is 0 Å². The second-order valence-corrected chi connectivity index (χ2v) is 14.7. The second-order valence-electron chi connectivity index (χ2n) is 10.0. The van der Waals surface area contributed by atoms with Crippen LogP contribution in [0.3, 0.4) is 0 Å². The molecule has 0 N–H and O–H groups in total. The Kier molecular flexibility index (Phi) is 8.13. The minimum absolute atomic E-state index is 1.22. The largest absolute Gasteiger partial charge is 0.136 e. The van der Waals surface area contributed by atoms with Gasteiger partial charge in [-0.25, -0.2) is 0 Å². The van der Waals surface area contributed by atoms with Crippen molar-refractivity contribution in [1.29, 1.82) is 0 Å². The van der Waals surface area contributed by atoms with Gasteiger partial charge in [-0.15, -0.1) is 22.7 Å². The van der Waals surface area contributed by atoms with Gasteiger partial charge in [-0.1, -0.05) is 84.9 Å². The van der Waals surface area contributed by atoms with Crippen LogP contribution in [0, 0.1) is 7.14 Å². The van der Waals surface area contributed by atoms with E-state index in [2.05, 4.69) is 191 Å². The molecule has 0 aliphatic rings. The van der Waals surface area contributed by atoms with Gasteiger partial charge in [0, 0.05) is 37.8 Å². The summed E-state index contributed by atoms with van der Waals surface area (Å²) >= 11 is 8.41. The topological polar surface area (TPSA) is 0 Å². The Bertz CT molecular complexity index is 1880. The summed E-state index contributed by atoms with van der Waals surface area (Å²) in [5.74, 6) is 0. The monoisotopic (exact) mass is 798 g/mol. The van der Waals surface area contributed by atoms with E-state index in [0.29, 0.717) is 0 Å². The highest BCUT2D eigenvalue weighted by atomic mass is 127. The first-order valence-corrected chi connectivity index (χ1v) is 17.4. The lowest BCUT2D eigenvalue weighted by Crippen LogP contribution is -1.87. The van der Waals surface area contributed by atoms with E-state index in [0.717, 1.165) is 0 Å². The fraction of sp³-hybridized carbons (Fsp3) is 0. The molecule has 7 aromatic rings. The molecule has 202 valence electrons. The van der Waals surface area contributed by atoms with E-state index < -0.39 is 0 Å². The Morgan fingerprint density at radius 3 is 1.10 bits per heavy atom. The zero-order valence-electron chi connectivity index (χ0n) is 22.4. The van der Waals surface area contributed by atoms with Crippen molar-refractivity contribution in [2.45, 2.75) is 0 Å². The SMILES string of the molecule is Ic1ccc(/C=C/c2ccc(-c3c4ccccc4c(-c4ccc(/C=C/c5ccc(I)cc5)s4)c4ccccc34)s2)cc1. The van der Waals surface area contributed by atoms with Gasteiger partial charge in [0.25, 0.3) is 0 Å². The first-order valence-electron chi connectivity index (χ1n) is 13.6. The van der Waals surface area contributed by atoms with Gasteiger partial charge in [-0.3, -0.25) is 0 Å². The lowest BCUT2D eigenvalue weighted by molar-refractivity contribution is 1.61. The minimum Gasteiger partial charge on any atom is -0.136 e. The highest BCUT2D eigenvalue weighted by molar-refractivity contribution is 14.1. The smallest absolute Gasteiger partial charge is 0.0361 e. The van der Waals surface area contributed by atoms with E-state index in [4.69, 9.17) is 0 Å². The van der Waals surface area contributed by atoms with Crippen molar-refractivity contribution in [2.24, 2.45) is 0 Å². The Balaban J connectivity index is 1.31. The summed E-state index contributed by atoms with van der Waals surface area (Å²) in [5, 5.41) is 5.19. The summed E-state index contributed by atoms with van der Waals surface area (Å²) < 4.78 is 2.50. The summed E-state index contributed by atoms with van der Waals surface area (Å²) in [6.45, 7) is 0. The van der Waals surface area contributed by atoms with E-state index in [1.807, 2.05) is 22.7 Å². The molecular weight excluding hydrogens is 774 g/mol. The van der Waals surface area contributed by atoms with Gasteiger partial charge in [-0.05, 0) is 139 Å². The predicted molar refractivity (Wildman–Crippen MR) is 204 cm³/mol. The number of benzene rings is 5. The molecule has 0 nitrogen and oxygen atoms in total. The number of rotatable bonds is 6. The summed E-state index contributed by atoms with van der Waals surface area (Å²) in [6, 6.07) is 44.1. The quantitative estimate of drug-likeness (QED) is 0.116. The number of fused-ring (bicyclic) bond motifs is 2. The lowest BCUT2D eigenvalue weighted by Gasteiger charge is -2.15. The molecule has 7 rings (SSSR count). The Morgan fingerprint density at radius 2 is 0.738 bits per heavy atom. The lowest BCUT2D eigenvalue weighted by atomic mass is 9.90. The zero-order valence-corrected chi connectivity index (χ0v) is 28.4. The van der Waals surface area contributed by atoms with Crippen LogP contribution in [0.25, 0.3) is 66.7 Å². The molecule has 0 atom stereocenters. The molecular formula is C38H24I2S2. The molecule has 42 heavy (non-hydrogen) atoms. The molecule has 0 saturated heterocycles. The van der Waals surface area contributed by atoms with Crippen LogP contribution < -0.4 is 0 Å². The van der Waals surface area contributed by atoms with Crippen LogP contribution in [0.5, 0.6) is 0 Å². The van der Waals surface area contributed by atoms with E-state index in [1.165, 1.54) is 70.4 Å². The maximum Gasteiger partial charge on any atom is 0.0361 e. The van der Waals surface area contributed by atoms with Gasteiger partial charge in [-0.2, -0.15) is 0 Å². The molecule has 0 saturated carbocycles. The summed E-state index contributed by atoms with van der Waals surface area (Å²) in [4.78, 5) is 5.10. The van der Waals surface area contributed by atoms with Crippen molar-refractivity contribution in [3.05, 3.63) is 149 Å². The molecule has 0 aliphatic carbocycles. The van der Waals surface area contributed by atoms with Crippen LogP contribution >= 0.6 is 67.9 Å². The van der Waals surface area contributed by atoms with Crippen LogP contribution in [-0.2, 0) is 0 Å². The standard InChI is InChI=1S/C38H24I2S2/c39-27-15-9-25(10-16-27)13-19-29-21-23-35(41-29)37-31-5-1-2-6-32(31)38(34-8-4-3-7-33(34)37)36-24-22-30(42-36)20-14-26-11-17-28(40)18-12-26/h1-24H/b19-13+,20-14+. The fourth-order valence-electron chi connectivity index (χ4n) is 5.32. The molecule has 0 bridgehead atoms. The zero-order chi connectivity index (χ0) is 28.5. The Morgan fingerprint density at radius 1 is 0.381 bits per heavy atom. The number of hydrogen-bond donors (Lipinski definition) is 0. The molecule has 0 unspecified atom stereocenters. The number of thiophene rings is 2. The Labute approximate surface area is 281 Å². The second kappa shape index (κ2) is 12.3. The third-order valence-electron chi connectivity index (χ3n) is 7.30. The minimum atomic E-state index is 1.22. The summed E-state index contributed by atoms with van der Waals surface area (Å²) in [6.07, 6.45) is 8.86. The van der Waals surface area contributed by atoms with Crippen molar-refractivity contribution >= 4 is 114 Å². The molecule has 0 radical (unpaired) electrons.